The molecule has 0 unspecified atom stereocenters. The topological polar surface area (TPSA) is 33.5 Å². The van der Waals surface area contributed by atoms with Crippen LogP contribution in [0.2, 0.25) is 0 Å². The Morgan fingerprint density at radius 3 is 3.07 bits per heavy atom. The zero-order valence-electron chi connectivity index (χ0n) is 8.34. The van der Waals surface area contributed by atoms with E-state index in [-0.39, 0.29) is 0 Å². The number of aldehydes is 1. The summed E-state index contributed by atoms with van der Waals surface area (Å²) in [6, 6.07) is 5.68. The maximum Gasteiger partial charge on any atom is 0.160 e. The summed E-state index contributed by atoms with van der Waals surface area (Å²) >= 11 is 1.45. The number of thiophene rings is 1. The second kappa shape index (κ2) is 4.31. The van der Waals surface area contributed by atoms with E-state index in [1.165, 1.54) is 11.3 Å². The summed E-state index contributed by atoms with van der Waals surface area (Å²) in [6.07, 6.45) is 2.53. The van der Waals surface area contributed by atoms with Crippen LogP contribution in [0, 0.1) is 0 Å². The van der Waals surface area contributed by atoms with Crippen LogP contribution in [0.4, 0.5) is 5.69 Å². The molecule has 15 heavy (non-hydrogen) atoms. The Morgan fingerprint density at radius 1 is 1.60 bits per heavy atom. The van der Waals surface area contributed by atoms with Gasteiger partial charge in [0.05, 0.1) is 17.7 Å². The van der Waals surface area contributed by atoms with Gasteiger partial charge in [-0.3, -0.25) is 4.79 Å². The van der Waals surface area contributed by atoms with Crippen LogP contribution in [0.5, 0.6) is 0 Å². The molecule has 3 nitrogen and oxygen atoms in total. The van der Waals surface area contributed by atoms with Crippen LogP contribution in [0.3, 0.4) is 0 Å². The van der Waals surface area contributed by atoms with E-state index in [9.17, 15) is 4.79 Å². The molecule has 0 fully saturated rings. The number of carbonyl (C=O) groups is 1. The van der Waals surface area contributed by atoms with Gasteiger partial charge in [0, 0.05) is 18.1 Å². The van der Waals surface area contributed by atoms with Gasteiger partial charge in [-0.05, 0) is 18.2 Å². The molecule has 2 aromatic rings. The molecule has 0 bridgehead atoms. The van der Waals surface area contributed by atoms with Gasteiger partial charge in [0.2, 0.25) is 0 Å². The Hall–Kier alpha value is -1.55. The minimum absolute atomic E-state index is 0.710. The number of furan rings is 1. The first-order valence-corrected chi connectivity index (χ1v) is 5.45. The maximum absolute atomic E-state index is 10.5. The monoisotopic (exact) mass is 221 g/mol. The number of hydrogen-bond acceptors (Lipinski definition) is 4. The molecule has 0 saturated carbocycles. The fraction of sp³-hybridized carbons (Fsp3) is 0.182. The molecule has 2 aromatic heterocycles. The minimum Gasteiger partial charge on any atom is -0.467 e. The second-order valence-electron chi connectivity index (χ2n) is 3.26. The van der Waals surface area contributed by atoms with Crippen LogP contribution in [0.25, 0.3) is 0 Å². The van der Waals surface area contributed by atoms with Crippen molar-refractivity contribution in [3.05, 3.63) is 40.5 Å². The normalized spacial score (nSPS) is 10.2. The van der Waals surface area contributed by atoms with E-state index < -0.39 is 0 Å². The van der Waals surface area contributed by atoms with E-state index in [1.54, 1.807) is 6.26 Å². The van der Waals surface area contributed by atoms with E-state index in [2.05, 4.69) is 0 Å². The van der Waals surface area contributed by atoms with Gasteiger partial charge in [-0.1, -0.05) is 0 Å². The Kier molecular flexibility index (Phi) is 2.87. The largest absolute Gasteiger partial charge is 0.467 e. The summed E-state index contributed by atoms with van der Waals surface area (Å²) in [4.78, 5) is 13.3. The predicted molar refractivity (Wildman–Crippen MR) is 60.5 cm³/mol. The van der Waals surface area contributed by atoms with Gasteiger partial charge in [0.1, 0.15) is 5.76 Å². The number of rotatable bonds is 4. The van der Waals surface area contributed by atoms with Crippen molar-refractivity contribution < 1.29 is 9.21 Å². The third-order valence-corrected chi connectivity index (χ3v) is 2.98. The Bertz CT molecular complexity index is 433. The average Bonchev–Trinajstić information content (AvgIpc) is 2.86. The van der Waals surface area contributed by atoms with Crippen molar-refractivity contribution in [1.82, 2.24) is 0 Å². The summed E-state index contributed by atoms with van der Waals surface area (Å²) in [7, 11) is 1.97. The Balaban J connectivity index is 2.07. The van der Waals surface area contributed by atoms with Gasteiger partial charge >= 0.3 is 0 Å². The highest BCUT2D eigenvalue weighted by Gasteiger charge is 2.06. The molecule has 78 valence electrons. The highest BCUT2D eigenvalue weighted by molar-refractivity contribution is 7.12. The average molecular weight is 221 g/mol. The lowest BCUT2D eigenvalue weighted by atomic mass is 10.3. The van der Waals surface area contributed by atoms with Crippen molar-refractivity contribution in [2.45, 2.75) is 6.54 Å². The highest BCUT2D eigenvalue weighted by atomic mass is 32.1. The van der Waals surface area contributed by atoms with Crippen molar-refractivity contribution in [1.29, 1.82) is 0 Å². The predicted octanol–water partition coefficient (Wildman–Crippen LogP) is 2.79. The Morgan fingerprint density at radius 2 is 2.47 bits per heavy atom. The molecule has 0 saturated heterocycles. The lowest BCUT2D eigenvalue weighted by molar-refractivity contribution is 0.112. The molecule has 0 aromatic carbocycles. The molecular formula is C11H11NO2S. The molecule has 0 atom stereocenters. The van der Waals surface area contributed by atoms with Crippen LogP contribution < -0.4 is 4.90 Å². The number of carbonyl (C=O) groups excluding carboxylic acids is 1. The van der Waals surface area contributed by atoms with Crippen LogP contribution in [0.15, 0.2) is 34.3 Å². The van der Waals surface area contributed by atoms with Crippen LogP contribution in [-0.2, 0) is 6.54 Å². The second-order valence-corrected chi connectivity index (χ2v) is 4.20. The smallest absolute Gasteiger partial charge is 0.160 e. The first-order valence-electron chi connectivity index (χ1n) is 4.57. The van der Waals surface area contributed by atoms with E-state index in [4.69, 9.17) is 4.42 Å². The van der Waals surface area contributed by atoms with Crippen molar-refractivity contribution >= 4 is 23.3 Å². The summed E-state index contributed by atoms with van der Waals surface area (Å²) < 4.78 is 5.25. The van der Waals surface area contributed by atoms with E-state index in [0.717, 1.165) is 22.6 Å². The van der Waals surface area contributed by atoms with Crippen molar-refractivity contribution in [2.75, 3.05) is 11.9 Å². The molecule has 0 N–H and O–H groups in total. The van der Waals surface area contributed by atoms with Crippen LogP contribution in [-0.4, -0.2) is 13.3 Å². The number of hydrogen-bond donors (Lipinski definition) is 0. The van der Waals surface area contributed by atoms with Crippen molar-refractivity contribution in [3.63, 3.8) is 0 Å². The first kappa shape index (κ1) is 9.98. The van der Waals surface area contributed by atoms with Gasteiger partial charge in [-0.2, -0.15) is 0 Å². The molecule has 0 aliphatic heterocycles. The summed E-state index contributed by atoms with van der Waals surface area (Å²) in [6.45, 7) is 0.710. The molecule has 2 heterocycles. The quantitative estimate of drug-likeness (QED) is 0.744. The zero-order valence-corrected chi connectivity index (χ0v) is 9.16. The third-order valence-electron chi connectivity index (χ3n) is 2.14. The van der Waals surface area contributed by atoms with E-state index in [1.807, 2.05) is 35.5 Å². The zero-order chi connectivity index (χ0) is 10.7. The SMILES string of the molecule is CN(Cc1ccco1)c1csc(C=O)c1. The van der Waals surface area contributed by atoms with Gasteiger partial charge in [-0.15, -0.1) is 11.3 Å². The number of nitrogens with zero attached hydrogens (tertiary/aromatic N) is 1. The first-order chi connectivity index (χ1) is 7.29. The van der Waals surface area contributed by atoms with Crippen LogP contribution in [0.1, 0.15) is 15.4 Å². The van der Waals surface area contributed by atoms with Gasteiger partial charge in [0.15, 0.2) is 6.29 Å². The van der Waals surface area contributed by atoms with E-state index in [0.29, 0.717) is 6.54 Å². The van der Waals surface area contributed by atoms with Crippen molar-refractivity contribution in [3.8, 4) is 0 Å². The molecule has 0 amide bonds. The Labute approximate surface area is 91.9 Å². The molecule has 0 spiro atoms. The molecule has 0 radical (unpaired) electrons. The van der Waals surface area contributed by atoms with Crippen molar-refractivity contribution in [2.24, 2.45) is 0 Å². The molecule has 0 aliphatic carbocycles. The molecule has 0 aliphatic rings. The number of anilines is 1. The van der Waals surface area contributed by atoms with E-state index >= 15 is 0 Å². The summed E-state index contributed by atoms with van der Waals surface area (Å²) in [5, 5.41) is 1.96. The fourth-order valence-corrected chi connectivity index (χ4v) is 2.08. The molecule has 4 heteroatoms. The fourth-order valence-electron chi connectivity index (χ4n) is 1.33. The van der Waals surface area contributed by atoms with Gasteiger partial charge in [0.25, 0.3) is 0 Å². The minimum atomic E-state index is 0.710. The lowest BCUT2D eigenvalue weighted by Gasteiger charge is -2.15. The third kappa shape index (κ3) is 2.27. The van der Waals surface area contributed by atoms with Crippen LogP contribution >= 0.6 is 11.3 Å². The molecular weight excluding hydrogens is 210 g/mol. The lowest BCUT2D eigenvalue weighted by Crippen LogP contribution is -2.14. The molecule has 2 rings (SSSR count). The van der Waals surface area contributed by atoms with Gasteiger partial charge in [-0.25, -0.2) is 0 Å². The summed E-state index contributed by atoms with van der Waals surface area (Å²) in [5.74, 6) is 0.913. The van der Waals surface area contributed by atoms with Gasteiger partial charge < -0.3 is 9.32 Å². The maximum atomic E-state index is 10.5. The standard InChI is InChI=1S/C11H11NO2S/c1-12(6-10-3-2-4-14-10)9-5-11(7-13)15-8-9/h2-5,7-8H,6H2,1H3. The summed E-state index contributed by atoms with van der Waals surface area (Å²) in [5.41, 5.74) is 1.04. The highest BCUT2D eigenvalue weighted by Crippen LogP contribution is 2.22.